The molecule has 0 spiro atoms. The van der Waals surface area contributed by atoms with E-state index < -0.39 is 0 Å². The van der Waals surface area contributed by atoms with Gasteiger partial charge in [-0.15, -0.1) is 0 Å². The summed E-state index contributed by atoms with van der Waals surface area (Å²) in [6.07, 6.45) is 0.875. The zero-order valence-corrected chi connectivity index (χ0v) is 11.9. The molecule has 0 aliphatic rings. The van der Waals surface area contributed by atoms with Crippen LogP contribution in [0.4, 0.5) is 4.39 Å². The van der Waals surface area contributed by atoms with E-state index in [1.54, 1.807) is 25.3 Å². The van der Waals surface area contributed by atoms with E-state index in [4.69, 9.17) is 16.3 Å². The van der Waals surface area contributed by atoms with Gasteiger partial charge in [0.25, 0.3) is 0 Å². The Labute approximate surface area is 113 Å². The number of benzene rings is 1. The molecule has 1 N–H and O–H groups in total. The van der Waals surface area contributed by atoms with Gasteiger partial charge in [0.05, 0.1) is 5.02 Å². The van der Waals surface area contributed by atoms with Crippen molar-refractivity contribution in [2.75, 3.05) is 20.3 Å². The standard InChI is InChI=1S/C14H21ClFNO/c1-4-17-14(10(2)8-9-18-3)11-6-5-7-12(15)13(11)16/h5-7,10,14,17H,4,8-9H2,1-3H3. The Morgan fingerprint density at radius 1 is 1.44 bits per heavy atom. The molecule has 2 nitrogen and oxygen atoms in total. The maximum absolute atomic E-state index is 14.1. The smallest absolute Gasteiger partial charge is 0.146 e. The molecule has 1 aromatic carbocycles. The van der Waals surface area contributed by atoms with E-state index >= 15 is 0 Å². The van der Waals surface area contributed by atoms with Gasteiger partial charge in [-0.05, 0) is 24.9 Å². The van der Waals surface area contributed by atoms with Crippen molar-refractivity contribution >= 4 is 11.6 Å². The van der Waals surface area contributed by atoms with Gasteiger partial charge in [0.2, 0.25) is 0 Å². The van der Waals surface area contributed by atoms with Crippen molar-refractivity contribution in [2.45, 2.75) is 26.3 Å². The first-order valence-electron chi connectivity index (χ1n) is 6.28. The molecule has 0 aliphatic heterocycles. The molecule has 0 aromatic heterocycles. The van der Waals surface area contributed by atoms with Crippen LogP contribution in [0.1, 0.15) is 31.9 Å². The molecule has 1 aromatic rings. The summed E-state index contributed by atoms with van der Waals surface area (Å²) in [6.45, 7) is 5.56. The zero-order chi connectivity index (χ0) is 13.5. The highest BCUT2D eigenvalue weighted by atomic mass is 35.5. The lowest BCUT2D eigenvalue weighted by atomic mass is 9.91. The summed E-state index contributed by atoms with van der Waals surface area (Å²) >= 11 is 5.84. The molecule has 0 radical (unpaired) electrons. The van der Waals surface area contributed by atoms with Crippen molar-refractivity contribution in [1.29, 1.82) is 0 Å². The molecular weight excluding hydrogens is 253 g/mol. The lowest BCUT2D eigenvalue weighted by Crippen LogP contribution is -2.28. The van der Waals surface area contributed by atoms with E-state index in [1.165, 1.54) is 0 Å². The number of hydrogen-bond donors (Lipinski definition) is 1. The monoisotopic (exact) mass is 273 g/mol. The van der Waals surface area contributed by atoms with Crippen molar-refractivity contribution in [3.63, 3.8) is 0 Å². The van der Waals surface area contributed by atoms with Crippen molar-refractivity contribution < 1.29 is 9.13 Å². The molecule has 0 fully saturated rings. The summed E-state index contributed by atoms with van der Waals surface area (Å²) in [5, 5.41) is 3.50. The fourth-order valence-corrected chi connectivity index (χ4v) is 2.25. The molecule has 0 amide bonds. The van der Waals surface area contributed by atoms with Crippen LogP contribution in [0, 0.1) is 11.7 Å². The van der Waals surface area contributed by atoms with Crippen LogP contribution >= 0.6 is 11.6 Å². The normalized spacial score (nSPS) is 14.5. The Balaban J connectivity index is 2.92. The summed E-state index contributed by atoms with van der Waals surface area (Å²) < 4.78 is 19.1. The van der Waals surface area contributed by atoms with Crippen LogP contribution in [0.5, 0.6) is 0 Å². The topological polar surface area (TPSA) is 21.3 Å². The Kier molecular flexibility index (Phi) is 6.61. The molecule has 0 aliphatic carbocycles. The second kappa shape index (κ2) is 7.72. The van der Waals surface area contributed by atoms with Gasteiger partial charge in [-0.2, -0.15) is 0 Å². The van der Waals surface area contributed by atoms with E-state index in [0.29, 0.717) is 12.2 Å². The van der Waals surface area contributed by atoms with Crippen molar-refractivity contribution in [3.05, 3.63) is 34.6 Å². The van der Waals surface area contributed by atoms with E-state index in [9.17, 15) is 4.39 Å². The minimum atomic E-state index is -0.325. The highest BCUT2D eigenvalue weighted by Crippen LogP contribution is 2.29. The van der Waals surface area contributed by atoms with Crippen LogP contribution in [0.15, 0.2) is 18.2 Å². The largest absolute Gasteiger partial charge is 0.385 e. The Bertz CT molecular complexity index is 373. The van der Waals surface area contributed by atoms with Crippen LogP contribution in [-0.4, -0.2) is 20.3 Å². The van der Waals surface area contributed by atoms with Crippen LogP contribution in [0.2, 0.25) is 5.02 Å². The van der Waals surface area contributed by atoms with Gasteiger partial charge in [0, 0.05) is 25.3 Å². The van der Waals surface area contributed by atoms with Crippen LogP contribution in [0.25, 0.3) is 0 Å². The Hall–Kier alpha value is -0.640. The summed E-state index contributed by atoms with van der Waals surface area (Å²) in [6, 6.07) is 5.11. The summed E-state index contributed by atoms with van der Waals surface area (Å²) in [5.41, 5.74) is 0.632. The second-order valence-corrected chi connectivity index (χ2v) is 4.84. The van der Waals surface area contributed by atoms with Crippen LogP contribution in [-0.2, 0) is 4.74 Å². The lowest BCUT2D eigenvalue weighted by Gasteiger charge is -2.25. The first kappa shape index (κ1) is 15.4. The lowest BCUT2D eigenvalue weighted by molar-refractivity contribution is 0.170. The maximum atomic E-state index is 14.1. The van der Waals surface area contributed by atoms with Gasteiger partial charge in [-0.1, -0.05) is 37.6 Å². The van der Waals surface area contributed by atoms with Gasteiger partial charge >= 0.3 is 0 Å². The molecule has 2 atom stereocenters. The first-order chi connectivity index (χ1) is 8.61. The zero-order valence-electron chi connectivity index (χ0n) is 11.2. The summed E-state index contributed by atoms with van der Waals surface area (Å²) in [4.78, 5) is 0. The number of rotatable bonds is 7. The third-order valence-electron chi connectivity index (χ3n) is 3.09. The Morgan fingerprint density at radius 3 is 2.78 bits per heavy atom. The molecule has 1 rings (SSSR count). The number of methoxy groups -OCH3 is 1. The molecule has 18 heavy (non-hydrogen) atoms. The fourth-order valence-electron chi connectivity index (χ4n) is 2.07. The van der Waals surface area contributed by atoms with Gasteiger partial charge < -0.3 is 10.1 Å². The Morgan fingerprint density at radius 2 is 2.17 bits per heavy atom. The minimum Gasteiger partial charge on any atom is -0.385 e. The van der Waals surface area contributed by atoms with Gasteiger partial charge in [0.15, 0.2) is 0 Å². The SMILES string of the molecule is CCNC(c1cccc(Cl)c1F)C(C)CCOC. The van der Waals surface area contributed by atoms with Crippen LogP contribution in [0.3, 0.4) is 0 Å². The third-order valence-corrected chi connectivity index (χ3v) is 3.38. The quantitative estimate of drug-likeness (QED) is 0.816. The second-order valence-electron chi connectivity index (χ2n) is 4.44. The van der Waals surface area contributed by atoms with E-state index in [1.807, 2.05) is 6.92 Å². The van der Waals surface area contributed by atoms with Gasteiger partial charge in [-0.25, -0.2) is 4.39 Å². The number of nitrogens with one attached hydrogen (secondary N) is 1. The third kappa shape index (κ3) is 3.94. The van der Waals surface area contributed by atoms with E-state index in [2.05, 4.69) is 12.2 Å². The number of hydrogen-bond acceptors (Lipinski definition) is 2. The molecular formula is C14H21ClFNO. The average Bonchev–Trinajstić information content (AvgIpc) is 2.37. The molecule has 0 heterocycles. The van der Waals surface area contributed by atoms with Gasteiger partial charge in [0.1, 0.15) is 5.82 Å². The highest BCUT2D eigenvalue weighted by Gasteiger charge is 2.22. The summed E-state index contributed by atoms with van der Waals surface area (Å²) in [7, 11) is 1.68. The first-order valence-corrected chi connectivity index (χ1v) is 6.65. The molecule has 2 unspecified atom stereocenters. The van der Waals surface area contributed by atoms with Gasteiger partial charge in [-0.3, -0.25) is 0 Å². The van der Waals surface area contributed by atoms with E-state index in [-0.39, 0.29) is 22.8 Å². The molecule has 0 saturated carbocycles. The molecule has 0 bridgehead atoms. The predicted octanol–water partition coefficient (Wildman–Crippen LogP) is 3.80. The van der Waals surface area contributed by atoms with Crippen molar-refractivity contribution in [3.8, 4) is 0 Å². The predicted molar refractivity (Wildman–Crippen MR) is 73.5 cm³/mol. The molecule has 0 saturated heterocycles. The minimum absolute atomic E-state index is 0.0381. The van der Waals surface area contributed by atoms with Crippen molar-refractivity contribution in [2.24, 2.45) is 5.92 Å². The fraction of sp³-hybridized carbons (Fsp3) is 0.571. The number of ether oxygens (including phenoxy) is 1. The van der Waals surface area contributed by atoms with Crippen LogP contribution < -0.4 is 5.32 Å². The highest BCUT2D eigenvalue weighted by molar-refractivity contribution is 6.30. The maximum Gasteiger partial charge on any atom is 0.146 e. The summed E-state index contributed by atoms with van der Waals surface area (Å²) in [5.74, 6) is -0.0488. The van der Waals surface area contributed by atoms with E-state index in [0.717, 1.165) is 13.0 Å². The number of halogens is 2. The average molecular weight is 274 g/mol. The van der Waals surface area contributed by atoms with Crippen molar-refractivity contribution in [1.82, 2.24) is 5.32 Å². The molecule has 4 heteroatoms. The molecule has 102 valence electrons.